The maximum Gasteiger partial charge on any atom is 0.306 e. The average Bonchev–Trinajstić information content (AvgIpc) is 2.78. The number of hydrogen-bond donors (Lipinski definition) is 1. The largest absolute Gasteiger partial charge is 0.462 e. The molecule has 5 heteroatoms. The highest BCUT2D eigenvalue weighted by Gasteiger charge is 2.15. The molecule has 0 bridgehead atoms. The molecule has 32 heavy (non-hydrogen) atoms. The number of aliphatic hydroxyl groups is 1. The fourth-order valence-electron chi connectivity index (χ4n) is 3.52. The smallest absolute Gasteiger partial charge is 0.306 e. The van der Waals surface area contributed by atoms with Crippen LogP contribution >= 0.6 is 0 Å². The highest BCUT2D eigenvalue weighted by Crippen LogP contribution is 2.12. The van der Waals surface area contributed by atoms with E-state index < -0.39 is 6.10 Å². The monoisotopic (exact) mass is 454 g/mol. The predicted octanol–water partition coefficient (Wildman–Crippen LogP) is 7.05. The molecule has 0 aromatic rings. The Balaban J connectivity index is 3.45. The van der Waals surface area contributed by atoms with E-state index in [0.29, 0.717) is 19.3 Å². The molecule has 0 fully saturated rings. The maximum atomic E-state index is 11.9. The van der Waals surface area contributed by atoms with Crippen molar-refractivity contribution in [3.05, 3.63) is 12.2 Å². The van der Waals surface area contributed by atoms with Crippen molar-refractivity contribution in [3.8, 4) is 0 Å². The first-order valence-corrected chi connectivity index (χ1v) is 13.2. The summed E-state index contributed by atoms with van der Waals surface area (Å²) in [5.74, 6) is -0.658. The van der Waals surface area contributed by atoms with Gasteiger partial charge in [-0.25, -0.2) is 0 Å². The molecule has 0 rings (SSSR count). The Kier molecular flexibility index (Phi) is 23.3. The molecule has 1 atom stereocenters. The van der Waals surface area contributed by atoms with Gasteiger partial charge in [-0.15, -0.1) is 0 Å². The van der Waals surface area contributed by atoms with E-state index in [-0.39, 0.29) is 25.2 Å². The Morgan fingerprint density at radius 2 is 1.22 bits per heavy atom. The van der Waals surface area contributed by atoms with Crippen molar-refractivity contribution in [3.63, 3.8) is 0 Å². The quantitative estimate of drug-likeness (QED) is 0.102. The third-order valence-corrected chi connectivity index (χ3v) is 5.53. The summed E-state index contributed by atoms with van der Waals surface area (Å²) in [6, 6.07) is 0. The van der Waals surface area contributed by atoms with Crippen LogP contribution in [0.25, 0.3) is 0 Å². The van der Waals surface area contributed by atoms with Crippen LogP contribution in [-0.2, 0) is 19.1 Å². The van der Waals surface area contributed by atoms with Gasteiger partial charge >= 0.3 is 11.9 Å². The van der Waals surface area contributed by atoms with Gasteiger partial charge in [0.25, 0.3) is 0 Å². The average molecular weight is 455 g/mol. The van der Waals surface area contributed by atoms with E-state index in [1.54, 1.807) is 0 Å². The van der Waals surface area contributed by atoms with Crippen molar-refractivity contribution in [2.75, 3.05) is 13.2 Å². The van der Waals surface area contributed by atoms with Crippen LogP contribution in [-0.4, -0.2) is 36.4 Å². The van der Waals surface area contributed by atoms with E-state index in [4.69, 9.17) is 9.47 Å². The lowest BCUT2D eigenvalue weighted by Crippen LogP contribution is -2.28. The van der Waals surface area contributed by atoms with Crippen LogP contribution in [0.2, 0.25) is 0 Å². The van der Waals surface area contributed by atoms with E-state index in [0.717, 1.165) is 19.3 Å². The summed E-state index contributed by atoms with van der Waals surface area (Å²) in [4.78, 5) is 23.2. The van der Waals surface area contributed by atoms with Crippen LogP contribution in [0.15, 0.2) is 12.2 Å². The molecule has 0 aliphatic carbocycles. The van der Waals surface area contributed by atoms with Crippen LogP contribution in [0, 0.1) is 0 Å². The van der Waals surface area contributed by atoms with E-state index in [2.05, 4.69) is 19.1 Å². The summed E-state index contributed by atoms with van der Waals surface area (Å²) >= 11 is 0. The normalized spacial score (nSPS) is 12.2. The maximum absolute atomic E-state index is 11.9. The Labute approximate surface area is 197 Å². The second-order valence-electron chi connectivity index (χ2n) is 8.77. The molecule has 0 saturated carbocycles. The number of carbonyl (C=O) groups excluding carboxylic acids is 2. The third kappa shape index (κ3) is 21.9. The van der Waals surface area contributed by atoms with Gasteiger partial charge < -0.3 is 14.6 Å². The molecule has 0 heterocycles. The van der Waals surface area contributed by atoms with E-state index in [1.807, 2.05) is 6.92 Å². The van der Waals surface area contributed by atoms with Crippen LogP contribution in [0.4, 0.5) is 0 Å². The van der Waals surface area contributed by atoms with Gasteiger partial charge in [-0.1, -0.05) is 90.2 Å². The molecular weight excluding hydrogens is 404 g/mol. The summed E-state index contributed by atoms with van der Waals surface area (Å²) in [5, 5.41) is 9.27. The van der Waals surface area contributed by atoms with Gasteiger partial charge in [0.2, 0.25) is 0 Å². The topological polar surface area (TPSA) is 72.8 Å². The third-order valence-electron chi connectivity index (χ3n) is 5.53. The van der Waals surface area contributed by atoms with Crippen molar-refractivity contribution in [1.82, 2.24) is 0 Å². The molecule has 0 aliphatic rings. The zero-order chi connectivity index (χ0) is 23.7. The minimum absolute atomic E-state index is 0.0741. The highest BCUT2D eigenvalue weighted by atomic mass is 16.6. The molecule has 0 aromatic carbocycles. The molecule has 0 spiro atoms. The molecule has 0 aromatic heterocycles. The summed E-state index contributed by atoms with van der Waals surface area (Å²) in [7, 11) is 0. The van der Waals surface area contributed by atoms with E-state index in [1.165, 1.54) is 77.0 Å². The lowest BCUT2D eigenvalue weighted by molar-refractivity contribution is -0.161. The molecule has 0 radical (unpaired) electrons. The Bertz CT molecular complexity index is 461. The number of hydrogen-bond acceptors (Lipinski definition) is 5. The Morgan fingerprint density at radius 1 is 0.688 bits per heavy atom. The number of esters is 2. The van der Waals surface area contributed by atoms with Crippen molar-refractivity contribution in [2.24, 2.45) is 0 Å². The van der Waals surface area contributed by atoms with Crippen LogP contribution in [0.3, 0.4) is 0 Å². The van der Waals surface area contributed by atoms with Gasteiger partial charge in [0.15, 0.2) is 6.10 Å². The Morgan fingerprint density at radius 3 is 1.75 bits per heavy atom. The standard InChI is InChI=1S/C27H50O5/c1-3-5-6-7-8-9-10-11-12-13-14-15-16-17-18-19-20-22-27(30)32-25(23-28)24-31-26(29)21-4-2/h11-12,25,28H,3-10,13-24H2,1-2H3/b12-11-. The minimum atomic E-state index is -0.761. The van der Waals surface area contributed by atoms with E-state index in [9.17, 15) is 14.7 Å². The number of ether oxygens (including phenoxy) is 2. The highest BCUT2D eigenvalue weighted by molar-refractivity contribution is 5.70. The first-order valence-electron chi connectivity index (χ1n) is 13.2. The van der Waals surface area contributed by atoms with Crippen LogP contribution in [0.5, 0.6) is 0 Å². The molecule has 0 aliphatic heterocycles. The molecule has 1 unspecified atom stereocenters. The SMILES string of the molecule is CCCCCCCC/C=C\CCCCCCCCCC(=O)OC(CO)COC(=O)CCC. The molecule has 188 valence electrons. The predicted molar refractivity (Wildman–Crippen MR) is 132 cm³/mol. The van der Waals surface area contributed by atoms with Gasteiger partial charge in [0.1, 0.15) is 6.61 Å². The molecule has 1 N–H and O–H groups in total. The summed E-state index contributed by atoms with van der Waals surface area (Å²) in [6.45, 7) is 3.74. The van der Waals surface area contributed by atoms with Crippen molar-refractivity contribution in [2.45, 2.75) is 136 Å². The number of unbranched alkanes of at least 4 members (excludes halogenated alkanes) is 13. The van der Waals surface area contributed by atoms with Gasteiger partial charge in [-0.2, -0.15) is 0 Å². The first kappa shape index (κ1) is 30.6. The van der Waals surface area contributed by atoms with E-state index >= 15 is 0 Å². The van der Waals surface area contributed by atoms with Gasteiger partial charge in [-0.3, -0.25) is 9.59 Å². The Hall–Kier alpha value is -1.36. The molecule has 0 saturated heterocycles. The van der Waals surface area contributed by atoms with Gasteiger partial charge in [0, 0.05) is 12.8 Å². The summed E-state index contributed by atoms with van der Waals surface area (Å²) in [6.07, 6.45) is 23.9. The second-order valence-corrected chi connectivity index (χ2v) is 8.77. The summed E-state index contributed by atoms with van der Waals surface area (Å²) < 4.78 is 10.2. The molecule has 0 amide bonds. The van der Waals surface area contributed by atoms with Crippen molar-refractivity contribution >= 4 is 11.9 Å². The molecule has 5 nitrogen and oxygen atoms in total. The summed E-state index contributed by atoms with van der Waals surface area (Å²) in [5.41, 5.74) is 0. The lowest BCUT2D eigenvalue weighted by Gasteiger charge is -2.15. The fraction of sp³-hybridized carbons (Fsp3) is 0.852. The fourth-order valence-corrected chi connectivity index (χ4v) is 3.52. The van der Waals surface area contributed by atoms with Crippen molar-refractivity contribution < 1.29 is 24.2 Å². The number of carbonyl (C=O) groups is 2. The number of aliphatic hydroxyl groups excluding tert-OH is 1. The second kappa shape index (κ2) is 24.3. The van der Waals surface area contributed by atoms with Crippen LogP contribution in [0.1, 0.15) is 129 Å². The zero-order valence-corrected chi connectivity index (χ0v) is 21.0. The van der Waals surface area contributed by atoms with Crippen LogP contribution < -0.4 is 0 Å². The lowest BCUT2D eigenvalue weighted by atomic mass is 10.1. The van der Waals surface area contributed by atoms with Crippen molar-refractivity contribution in [1.29, 1.82) is 0 Å². The zero-order valence-electron chi connectivity index (χ0n) is 21.0. The number of rotatable bonds is 23. The van der Waals surface area contributed by atoms with Gasteiger partial charge in [-0.05, 0) is 38.5 Å². The van der Waals surface area contributed by atoms with Gasteiger partial charge in [0.05, 0.1) is 6.61 Å². The minimum Gasteiger partial charge on any atom is -0.462 e. The molecular formula is C27H50O5. The number of allylic oxidation sites excluding steroid dienone is 2. The first-order chi connectivity index (χ1) is 15.6.